The molecule has 0 radical (unpaired) electrons. The van der Waals surface area contributed by atoms with E-state index in [1.165, 1.54) is 13.2 Å². The minimum absolute atomic E-state index is 0.0406. The number of amides is 1. The van der Waals surface area contributed by atoms with Crippen LogP contribution in [0.3, 0.4) is 0 Å². The number of nitrogens with one attached hydrogen (secondary N) is 1. The molecule has 2 N–H and O–H groups in total. The fraction of sp³-hybridized carbons (Fsp3) is 0.263. The molecule has 0 bridgehead atoms. The summed E-state index contributed by atoms with van der Waals surface area (Å²) in [5.74, 6) is -0.0422. The lowest BCUT2D eigenvalue weighted by atomic mass is 10.1. The Hall–Kier alpha value is -3.22. The summed E-state index contributed by atoms with van der Waals surface area (Å²) < 4.78 is 16.5. The summed E-state index contributed by atoms with van der Waals surface area (Å²) in [5.41, 5.74) is 0.681. The van der Waals surface area contributed by atoms with Gasteiger partial charge in [-0.1, -0.05) is 18.2 Å². The molecule has 2 atom stereocenters. The van der Waals surface area contributed by atoms with Crippen molar-refractivity contribution >= 4 is 11.9 Å². The first-order valence-electron chi connectivity index (χ1n) is 8.10. The molecule has 0 saturated carbocycles. The highest BCUT2D eigenvalue weighted by Crippen LogP contribution is 2.33. The molecule has 3 rings (SSSR count). The molecule has 0 fully saturated rings. The van der Waals surface area contributed by atoms with Crippen molar-refractivity contribution in [2.75, 3.05) is 7.11 Å². The van der Waals surface area contributed by atoms with E-state index < -0.39 is 18.2 Å². The van der Waals surface area contributed by atoms with Crippen LogP contribution in [0.1, 0.15) is 22.8 Å². The van der Waals surface area contributed by atoms with Crippen LogP contribution in [0.15, 0.2) is 42.5 Å². The molecule has 1 aliphatic heterocycles. The minimum Gasteiger partial charge on any atom is -0.496 e. The monoisotopic (exact) mass is 357 g/mol. The van der Waals surface area contributed by atoms with Gasteiger partial charge in [0.05, 0.1) is 7.11 Å². The molecule has 0 saturated heterocycles. The first-order valence-corrected chi connectivity index (χ1v) is 8.10. The SMILES string of the molecule is COc1ccc(CNC(=O)[C@H]2Oc3ccccc3O[C@H]2C)cc1C(=O)O. The number of hydrogen-bond acceptors (Lipinski definition) is 5. The van der Waals surface area contributed by atoms with Crippen LogP contribution in [0.2, 0.25) is 0 Å². The van der Waals surface area contributed by atoms with E-state index in [0.717, 1.165) is 0 Å². The largest absolute Gasteiger partial charge is 0.496 e. The predicted octanol–water partition coefficient (Wildman–Crippen LogP) is 2.24. The third-order valence-electron chi connectivity index (χ3n) is 4.06. The first-order chi connectivity index (χ1) is 12.5. The summed E-state index contributed by atoms with van der Waals surface area (Å²) in [5, 5.41) is 12.0. The number of methoxy groups -OCH3 is 1. The van der Waals surface area contributed by atoms with Gasteiger partial charge in [0, 0.05) is 6.54 Å². The van der Waals surface area contributed by atoms with Crippen molar-refractivity contribution in [2.45, 2.75) is 25.7 Å². The van der Waals surface area contributed by atoms with Gasteiger partial charge in [-0.05, 0) is 36.8 Å². The van der Waals surface area contributed by atoms with E-state index in [1.54, 1.807) is 37.3 Å². The number of ether oxygens (including phenoxy) is 3. The lowest BCUT2D eigenvalue weighted by molar-refractivity contribution is -0.133. The Morgan fingerprint density at radius 1 is 1.15 bits per heavy atom. The van der Waals surface area contributed by atoms with E-state index >= 15 is 0 Å². The molecule has 0 spiro atoms. The second-order valence-corrected chi connectivity index (χ2v) is 5.87. The topological polar surface area (TPSA) is 94.1 Å². The number of carboxylic acid groups (broad SMARTS) is 1. The van der Waals surface area contributed by atoms with Gasteiger partial charge in [0.15, 0.2) is 11.5 Å². The number of carboxylic acids is 1. The van der Waals surface area contributed by atoms with Gasteiger partial charge in [-0.25, -0.2) is 4.79 Å². The molecule has 7 nitrogen and oxygen atoms in total. The van der Waals surface area contributed by atoms with Crippen LogP contribution in [-0.2, 0) is 11.3 Å². The highest BCUT2D eigenvalue weighted by molar-refractivity contribution is 5.91. The second-order valence-electron chi connectivity index (χ2n) is 5.87. The Bertz CT molecular complexity index is 835. The van der Waals surface area contributed by atoms with Gasteiger partial charge in [0.25, 0.3) is 5.91 Å². The van der Waals surface area contributed by atoms with Gasteiger partial charge >= 0.3 is 5.97 Å². The molecule has 0 unspecified atom stereocenters. The number of para-hydroxylation sites is 2. The van der Waals surface area contributed by atoms with Crippen LogP contribution >= 0.6 is 0 Å². The maximum Gasteiger partial charge on any atom is 0.339 e. The van der Waals surface area contributed by atoms with Gasteiger partial charge in [-0.15, -0.1) is 0 Å². The van der Waals surface area contributed by atoms with Crippen molar-refractivity contribution in [2.24, 2.45) is 0 Å². The molecule has 2 aromatic carbocycles. The van der Waals surface area contributed by atoms with Gasteiger partial charge in [-0.3, -0.25) is 4.79 Å². The van der Waals surface area contributed by atoms with E-state index in [0.29, 0.717) is 17.1 Å². The summed E-state index contributed by atoms with van der Waals surface area (Å²) in [6.07, 6.45) is -1.24. The van der Waals surface area contributed by atoms with E-state index in [2.05, 4.69) is 5.32 Å². The van der Waals surface area contributed by atoms with Crippen LogP contribution in [0, 0.1) is 0 Å². The zero-order chi connectivity index (χ0) is 18.7. The second kappa shape index (κ2) is 7.35. The number of fused-ring (bicyclic) bond motifs is 1. The summed E-state index contributed by atoms with van der Waals surface area (Å²) in [6.45, 7) is 1.92. The number of hydrogen-bond donors (Lipinski definition) is 2. The maximum absolute atomic E-state index is 12.5. The van der Waals surface area contributed by atoms with Crippen molar-refractivity contribution < 1.29 is 28.9 Å². The lowest BCUT2D eigenvalue weighted by Gasteiger charge is -2.31. The van der Waals surface area contributed by atoms with Crippen molar-refractivity contribution in [3.05, 3.63) is 53.6 Å². The lowest BCUT2D eigenvalue weighted by Crippen LogP contribution is -2.48. The van der Waals surface area contributed by atoms with Gasteiger partial charge in [0.1, 0.15) is 17.4 Å². The Morgan fingerprint density at radius 2 is 1.85 bits per heavy atom. The predicted molar refractivity (Wildman–Crippen MR) is 92.7 cm³/mol. The number of carbonyl (C=O) groups is 2. The number of rotatable bonds is 5. The molecule has 0 aromatic heterocycles. The Kier molecular flexibility index (Phi) is 4.97. The maximum atomic E-state index is 12.5. The molecule has 26 heavy (non-hydrogen) atoms. The van der Waals surface area contributed by atoms with Crippen molar-refractivity contribution in [1.82, 2.24) is 5.32 Å². The highest BCUT2D eigenvalue weighted by atomic mass is 16.6. The first kappa shape index (κ1) is 17.6. The molecule has 1 heterocycles. The normalized spacial score (nSPS) is 18.1. The Labute approximate surface area is 150 Å². The molecule has 2 aromatic rings. The highest BCUT2D eigenvalue weighted by Gasteiger charge is 2.33. The zero-order valence-corrected chi connectivity index (χ0v) is 14.4. The quantitative estimate of drug-likeness (QED) is 0.852. The molecular weight excluding hydrogens is 338 g/mol. The fourth-order valence-corrected chi connectivity index (χ4v) is 2.73. The Morgan fingerprint density at radius 3 is 2.50 bits per heavy atom. The zero-order valence-electron chi connectivity index (χ0n) is 14.4. The number of aromatic carboxylic acids is 1. The smallest absolute Gasteiger partial charge is 0.339 e. The molecule has 7 heteroatoms. The summed E-state index contributed by atoms with van der Waals surface area (Å²) in [6, 6.07) is 11.9. The van der Waals surface area contributed by atoms with Crippen LogP contribution in [0.5, 0.6) is 17.2 Å². The van der Waals surface area contributed by atoms with E-state index in [1.807, 2.05) is 6.07 Å². The number of benzene rings is 2. The van der Waals surface area contributed by atoms with Crippen LogP contribution < -0.4 is 19.5 Å². The average Bonchev–Trinajstić information content (AvgIpc) is 2.65. The third kappa shape index (κ3) is 3.56. The van der Waals surface area contributed by atoms with E-state index in [4.69, 9.17) is 14.2 Å². The number of carbonyl (C=O) groups excluding carboxylic acids is 1. The van der Waals surface area contributed by atoms with Crippen molar-refractivity contribution in [3.8, 4) is 17.2 Å². The third-order valence-corrected chi connectivity index (χ3v) is 4.06. The van der Waals surface area contributed by atoms with Gasteiger partial charge in [-0.2, -0.15) is 0 Å². The van der Waals surface area contributed by atoms with Crippen LogP contribution in [-0.4, -0.2) is 36.3 Å². The standard InChI is InChI=1S/C19H19NO6/c1-11-17(26-16-6-4-3-5-15(16)25-11)18(21)20-10-12-7-8-14(24-2)13(9-12)19(22)23/h3-9,11,17H,10H2,1-2H3,(H,20,21)(H,22,23)/t11-,17-/m0/s1. The Balaban J connectivity index is 1.68. The summed E-state index contributed by atoms with van der Waals surface area (Å²) in [4.78, 5) is 23.8. The van der Waals surface area contributed by atoms with Gasteiger partial charge in [0.2, 0.25) is 6.10 Å². The van der Waals surface area contributed by atoms with E-state index in [-0.39, 0.29) is 23.8 Å². The van der Waals surface area contributed by atoms with Gasteiger partial charge < -0.3 is 24.6 Å². The average molecular weight is 357 g/mol. The van der Waals surface area contributed by atoms with Crippen LogP contribution in [0.25, 0.3) is 0 Å². The van der Waals surface area contributed by atoms with Crippen molar-refractivity contribution in [1.29, 1.82) is 0 Å². The molecule has 1 aliphatic rings. The fourth-order valence-electron chi connectivity index (χ4n) is 2.73. The van der Waals surface area contributed by atoms with E-state index in [9.17, 15) is 14.7 Å². The summed E-state index contributed by atoms with van der Waals surface area (Å²) >= 11 is 0. The molecule has 1 amide bonds. The molecule has 0 aliphatic carbocycles. The minimum atomic E-state index is -1.09. The summed E-state index contributed by atoms with van der Waals surface area (Å²) in [7, 11) is 1.41. The molecular formula is C19H19NO6. The van der Waals surface area contributed by atoms with Crippen molar-refractivity contribution in [3.63, 3.8) is 0 Å². The van der Waals surface area contributed by atoms with Crippen LogP contribution in [0.4, 0.5) is 0 Å². The molecule has 136 valence electrons.